The molecule has 1 fully saturated rings. The van der Waals surface area contributed by atoms with Crippen LogP contribution in [-0.2, 0) is 19.3 Å². The maximum atomic E-state index is 13.3. The number of nitrogens with one attached hydrogen (secondary N) is 1. The molecule has 1 aromatic heterocycles. The molecule has 2 heterocycles. The largest absolute Gasteiger partial charge is 0.418 e. The van der Waals surface area contributed by atoms with Gasteiger partial charge in [0.15, 0.2) is 0 Å². The molecule has 0 radical (unpaired) electrons. The lowest BCUT2D eigenvalue weighted by Crippen LogP contribution is -2.42. The van der Waals surface area contributed by atoms with Crippen molar-refractivity contribution in [2.75, 3.05) is 26.2 Å². The molecule has 120 valence electrons. The lowest BCUT2D eigenvalue weighted by molar-refractivity contribution is -0.136. The Balaban J connectivity index is 2.04. The van der Waals surface area contributed by atoms with E-state index in [-0.39, 0.29) is 0 Å². The first-order valence-electron chi connectivity index (χ1n) is 7.61. The zero-order valence-corrected chi connectivity index (χ0v) is 12.6. The van der Waals surface area contributed by atoms with Gasteiger partial charge >= 0.3 is 6.18 Å². The van der Waals surface area contributed by atoms with Crippen molar-refractivity contribution in [1.82, 2.24) is 14.8 Å². The summed E-state index contributed by atoms with van der Waals surface area (Å²) in [5, 5.41) is 4.01. The number of rotatable bonds is 3. The van der Waals surface area contributed by atoms with Crippen LogP contribution in [0.25, 0.3) is 10.9 Å². The highest BCUT2D eigenvalue weighted by Crippen LogP contribution is 2.36. The van der Waals surface area contributed by atoms with E-state index in [0.29, 0.717) is 18.6 Å². The zero-order chi connectivity index (χ0) is 15.7. The molecule has 0 amide bonds. The van der Waals surface area contributed by atoms with E-state index in [2.05, 4.69) is 10.2 Å². The van der Waals surface area contributed by atoms with Crippen LogP contribution in [0, 0.1) is 0 Å². The summed E-state index contributed by atoms with van der Waals surface area (Å²) in [5.74, 6) is 0. The second-order valence-electron chi connectivity index (χ2n) is 5.67. The van der Waals surface area contributed by atoms with Crippen LogP contribution in [0.1, 0.15) is 18.1 Å². The van der Waals surface area contributed by atoms with E-state index in [1.165, 1.54) is 12.1 Å². The quantitative estimate of drug-likeness (QED) is 0.940. The predicted molar refractivity (Wildman–Crippen MR) is 80.8 cm³/mol. The standard InChI is InChI=1S/C16H20F3N3/c1-2-22-11-12(10-21-8-6-20-7-9-21)13-4-3-5-14(15(13)22)16(17,18)19/h3-5,11,20H,2,6-10H2,1H3. The van der Waals surface area contributed by atoms with E-state index in [1.54, 1.807) is 10.6 Å². The molecular weight excluding hydrogens is 291 g/mol. The fraction of sp³-hybridized carbons (Fsp3) is 0.500. The molecule has 0 aliphatic carbocycles. The fourth-order valence-corrected chi connectivity index (χ4v) is 3.15. The number of hydrogen-bond acceptors (Lipinski definition) is 2. The van der Waals surface area contributed by atoms with Crippen LogP contribution in [-0.4, -0.2) is 35.6 Å². The fourth-order valence-electron chi connectivity index (χ4n) is 3.15. The highest BCUT2D eigenvalue weighted by atomic mass is 19.4. The molecule has 0 saturated carbocycles. The van der Waals surface area contributed by atoms with Crippen molar-refractivity contribution >= 4 is 10.9 Å². The van der Waals surface area contributed by atoms with Gasteiger partial charge < -0.3 is 9.88 Å². The number of alkyl halides is 3. The summed E-state index contributed by atoms with van der Waals surface area (Å²) < 4.78 is 41.5. The van der Waals surface area contributed by atoms with Gasteiger partial charge in [0.2, 0.25) is 0 Å². The van der Waals surface area contributed by atoms with Gasteiger partial charge in [-0.25, -0.2) is 0 Å². The molecule has 3 rings (SSSR count). The molecule has 1 aromatic carbocycles. The topological polar surface area (TPSA) is 20.2 Å². The number of piperazine rings is 1. The van der Waals surface area contributed by atoms with Gasteiger partial charge in [0.1, 0.15) is 0 Å². The molecule has 0 spiro atoms. The molecule has 3 nitrogen and oxygen atoms in total. The van der Waals surface area contributed by atoms with E-state index < -0.39 is 11.7 Å². The van der Waals surface area contributed by atoms with Crippen LogP contribution in [0.3, 0.4) is 0 Å². The maximum Gasteiger partial charge on any atom is 0.418 e. The monoisotopic (exact) mass is 311 g/mol. The molecule has 6 heteroatoms. The Morgan fingerprint density at radius 3 is 2.55 bits per heavy atom. The number of fused-ring (bicyclic) bond motifs is 1. The van der Waals surface area contributed by atoms with E-state index in [0.717, 1.165) is 37.1 Å². The molecular formula is C16H20F3N3. The van der Waals surface area contributed by atoms with Crippen LogP contribution in [0.2, 0.25) is 0 Å². The third-order valence-electron chi connectivity index (χ3n) is 4.23. The van der Waals surface area contributed by atoms with Crippen molar-refractivity contribution in [2.45, 2.75) is 26.2 Å². The number of halogens is 3. The van der Waals surface area contributed by atoms with Crippen molar-refractivity contribution in [1.29, 1.82) is 0 Å². The molecule has 0 unspecified atom stereocenters. The number of benzene rings is 1. The summed E-state index contributed by atoms with van der Waals surface area (Å²) in [6.45, 7) is 6.83. The average Bonchev–Trinajstić information content (AvgIpc) is 2.85. The summed E-state index contributed by atoms with van der Waals surface area (Å²) in [6, 6.07) is 4.48. The van der Waals surface area contributed by atoms with Gasteiger partial charge in [0.25, 0.3) is 0 Å². The molecule has 2 aromatic rings. The minimum Gasteiger partial charge on any atom is -0.347 e. The van der Waals surface area contributed by atoms with Crippen molar-refractivity contribution < 1.29 is 13.2 Å². The molecule has 1 saturated heterocycles. The minimum atomic E-state index is -4.32. The third kappa shape index (κ3) is 2.85. The molecule has 1 N–H and O–H groups in total. The Kier molecular flexibility index (Phi) is 4.14. The average molecular weight is 311 g/mol. The first-order chi connectivity index (χ1) is 10.5. The SMILES string of the molecule is CCn1cc(CN2CCNCC2)c2cccc(C(F)(F)F)c21. The molecule has 1 aliphatic heterocycles. The van der Waals surface area contributed by atoms with Crippen molar-refractivity contribution in [3.8, 4) is 0 Å². The van der Waals surface area contributed by atoms with Gasteiger partial charge in [-0.05, 0) is 18.6 Å². The first kappa shape index (κ1) is 15.4. The smallest absolute Gasteiger partial charge is 0.347 e. The Labute approximate surface area is 127 Å². The Morgan fingerprint density at radius 1 is 1.18 bits per heavy atom. The van der Waals surface area contributed by atoms with Crippen molar-refractivity contribution in [3.63, 3.8) is 0 Å². The van der Waals surface area contributed by atoms with Crippen molar-refractivity contribution in [3.05, 3.63) is 35.5 Å². The van der Waals surface area contributed by atoms with Crippen LogP contribution >= 0.6 is 0 Å². The second-order valence-corrected chi connectivity index (χ2v) is 5.67. The molecule has 22 heavy (non-hydrogen) atoms. The van der Waals surface area contributed by atoms with E-state index in [9.17, 15) is 13.2 Å². The van der Waals surface area contributed by atoms with Gasteiger partial charge in [0, 0.05) is 50.9 Å². The van der Waals surface area contributed by atoms with E-state index in [4.69, 9.17) is 0 Å². The van der Waals surface area contributed by atoms with Crippen LogP contribution < -0.4 is 5.32 Å². The van der Waals surface area contributed by atoms with Gasteiger partial charge in [-0.15, -0.1) is 0 Å². The number of para-hydroxylation sites is 1. The lowest BCUT2D eigenvalue weighted by atomic mass is 10.1. The molecule has 1 aliphatic rings. The molecule has 0 atom stereocenters. The highest BCUT2D eigenvalue weighted by molar-refractivity contribution is 5.87. The van der Waals surface area contributed by atoms with E-state index >= 15 is 0 Å². The number of aromatic nitrogens is 1. The third-order valence-corrected chi connectivity index (χ3v) is 4.23. The van der Waals surface area contributed by atoms with Crippen molar-refractivity contribution in [2.24, 2.45) is 0 Å². The van der Waals surface area contributed by atoms with Gasteiger partial charge in [-0.3, -0.25) is 4.90 Å². The number of hydrogen-bond donors (Lipinski definition) is 1. The van der Waals surface area contributed by atoms with Gasteiger partial charge in [-0.1, -0.05) is 12.1 Å². The summed E-state index contributed by atoms with van der Waals surface area (Å²) in [4.78, 5) is 2.28. The second kappa shape index (κ2) is 5.93. The summed E-state index contributed by atoms with van der Waals surface area (Å²) >= 11 is 0. The van der Waals surface area contributed by atoms with E-state index in [1.807, 2.05) is 13.1 Å². The lowest BCUT2D eigenvalue weighted by Gasteiger charge is -2.26. The van der Waals surface area contributed by atoms with Crippen LogP contribution in [0.5, 0.6) is 0 Å². The minimum absolute atomic E-state index is 0.308. The van der Waals surface area contributed by atoms with Gasteiger partial charge in [0.05, 0.1) is 11.1 Å². The number of aryl methyl sites for hydroxylation is 1. The first-order valence-corrected chi connectivity index (χ1v) is 7.61. The summed E-state index contributed by atoms with van der Waals surface area (Å²) in [5.41, 5.74) is 0.742. The Bertz CT molecular complexity index is 654. The van der Waals surface area contributed by atoms with Crippen LogP contribution in [0.15, 0.2) is 24.4 Å². The Morgan fingerprint density at radius 2 is 1.91 bits per heavy atom. The number of nitrogens with zero attached hydrogens (tertiary/aromatic N) is 2. The van der Waals surface area contributed by atoms with Gasteiger partial charge in [-0.2, -0.15) is 13.2 Å². The summed E-state index contributed by atoms with van der Waals surface area (Å²) in [7, 11) is 0. The zero-order valence-electron chi connectivity index (χ0n) is 12.6. The summed E-state index contributed by atoms with van der Waals surface area (Å²) in [6.07, 6.45) is -2.45. The normalized spacial score (nSPS) is 17.3. The predicted octanol–water partition coefficient (Wildman–Crippen LogP) is 3.09. The maximum absolute atomic E-state index is 13.3. The molecule has 0 bridgehead atoms. The Hall–Kier alpha value is -1.53. The highest BCUT2D eigenvalue weighted by Gasteiger charge is 2.34. The van der Waals surface area contributed by atoms with Crippen LogP contribution in [0.4, 0.5) is 13.2 Å².